The van der Waals surface area contributed by atoms with Gasteiger partial charge in [-0.25, -0.2) is 0 Å². The van der Waals surface area contributed by atoms with Gasteiger partial charge in [0.2, 0.25) is 0 Å². The first-order valence-electron chi connectivity index (χ1n) is 6.55. The van der Waals surface area contributed by atoms with Crippen molar-refractivity contribution < 1.29 is 9.53 Å². The van der Waals surface area contributed by atoms with Crippen molar-refractivity contribution in [1.82, 2.24) is 4.90 Å². The standard InChI is InChI=1S/C15H21NO2/c1-11-6-7-14(18-3)13(9-11)15(17)16-8-4-5-12(2)10-16/h6-7,9,12H,4-5,8,10H2,1-3H3. The van der Waals surface area contributed by atoms with Gasteiger partial charge in [0, 0.05) is 13.1 Å². The number of amides is 1. The van der Waals surface area contributed by atoms with E-state index in [1.165, 1.54) is 6.42 Å². The highest BCUT2D eigenvalue weighted by Crippen LogP contribution is 2.24. The van der Waals surface area contributed by atoms with Gasteiger partial charge in [0.1, 0.15) is 5.75 Å². The SMILES string of the molecule is COc1ccc(C)cc1C(=O)N1CCCC(C)C1. The van der Waals surface area contributed by atoms with E-state index in [2.05, 4.69) is 6.92 Å². The molecule has 2 rings (SSSR count). The Morgan fingerprint density at radius 2 is 2.22 bits per heavy atom. The number of methoxy groups -OCH3 is 1. The quantitative estimate of drug-likeness (QED) is 0.804. The maximum absolute atomic E-state index is 12.5. The monoisotopic (exact) mass is 247 g/mol. The Bertz CT molecular complexity index is 442. The van der Waals surface area contributed by atoms with Crippen molar-refractivity contribution in [2.75, 3.05) is 20.2 Å². The molecule has 1 aliphatic rings. The summed E-state index contributed by atoms with van der Waals surface area (Å²) < 4.78 is 5.29. The van der Waals surface area contributed by atoms with Crippen molar-refractivity contribution >= 4 is 5.91 Å². The lowest BCUT2D eigenvalue weighted by molar-refractivity contribution is 0.0679. The number of hydrogen-bond acceptors (Lipinski definition) is 2. The van der Waals surface area contributed by atoms with E-state index in [4.69, 9.17) is 4.74 Å². The van der Waals surface area contributed by atoms with Crippen LogP contribution in [-0.2, 0) is 0 Å². The first kappa shape index (κ1) is 12.9. The average Bonchev–Trinajstić information content (AvgIpc) is 2.38. The Morgan fingerprint density at radius 1 is 1.44 bits per heavy atom. The van der Waals surface area contributed by atoms with E-state index in [1.807, 2.05) is 30.0 Å². The van der Waals surface area contributed by atoms with Crippen LogP contribution in [0.3, 0.4) is 0 Å². The summed E-state index contributed by atoms with van der Waals surface area (Å²) in [6, 6.07) is 5.75. The second kappa shape index (κ2) is 5.42. The van der Waals surface area contributed by atoms with E-state index in [-0.39, 0.29) is 5.91 Å². The predicted octanol–water partition coefficient (Wildman–Crippen LogP) is 2.88. The summed E-state index contributed by atoms with van der Waals surface area (Å²) in [5.41, 5.74) is 1.77. The molecule has 0 N–H and O–H groups in total. The van der Waals surface area contributed by atoms with Gasteiger partial charge in [0.05, 0.1) is 12.7 Å². The van der Waals surface area contributed by atoms with E-state index >= 15 is 0 Å². The zero-order valence-corrected chi connectivity index (χ0v) is 11.4. The summed E-state index contributed by atoms with van der Waals surface area (Å²) in [6.07, 6.45) is 2.32. The number of hydrogen-bond donors (Lipinski definition) is 0. The maximum Gasteiger partial charge on any atom is 0.257 e. The molecule has 0 radical (unpaired) electrons. The van der Waals surface area contributed by atoms with Crippen LogP contribution in [0.2, 0.25) is 0 Å². The van der Waals surface area contributed by atoms with Gasteiger partial charge in [-0.15, -0.1) is 0 Å². The fraction of sp³-hybridized carbons (Fsp3) is 0.533. The highest BCUT2D eigenvalue weighted by molar-refractivity contribution is 5.97. The highest BCUT2D eigenvalue weighted by Gasteiger charge is 2.24. The smallest absolute Gasteiger partial charge is 0.257 e. The van der Waals surface area contributed by atoms with Gasteiger partial charge in [-0.2, -0.15) is 0 Å². The van der Waals surface area contributed by atoms with Gasteiger partial charge in [-0.3, -0.25) is 4.79 Å². The Hall–Kier alpha value is -1.51. The minimum absolute atomic E-state index is 0.0992. The van der Waals surface area contributed by atoms with Crippen molar-refractivity contribution in [3.05, 3.63) is 29.3 Å². The molecular weight excluding hydrogens is 226 g/mol. The normalized spacial score (nSPS) is 19.7. The number of rotatable bonds is 2. The second-order valence-corrected chi connectivity index (χ2v) is 5.20. The molecule has 1 unspecified atom stereocenters. The fourth-order valence-electron chi connectivity index (χ4n) is 2.53. The number of piperidine rings is 1. The van der Waals surface area contributed by atoms with Crippen LogP contribution in [0.4, 0.5) is 0 Å². The number of carbonyl (C=O) groups excluding carboxylic acids is 1. The molecule has 0 spiro atoms. The number of ether oxygens (including phenoxy) is 1. The average molecular weight is 247 g/mol. The van der Waals surface area contributed by atoms with Crippen LogP contribution in [0.15, 0.2) is 18.2 Å². The molecule has 18 heavy (non-hydrogen) atoms. The number of benzene rings is 1. The second-order valence-electron chi connectivity index (χ2n) is 5.20. The van der Waals surface area contributed by atoms with Crippen molar-refractivity contribution in [1.29, 1.82) is 0 Å². The zero-order chi connectivity index (χ0) is 13.1. The lowest BCUT2D eigenvalue weighted by atomic mass is 9.99. The van der Waals surface area contributed by atoms with Crippen LogP contribution in [0.1, 0.15) is 35.7 Å². The van der Waals surface area contributed by atoms with Crippen LogP contribution in [-0.4, -0.2) is 31.0 Å². The largest absolute Gasteiger partial charge is 0.496 e. The van der Waals surface area contributed by atoms with Gasteiger partial charge in [-0.1, -0.05) is 18.6 Å². The summed E-state index contributed by atoms with van der Waals surface area (Å²) in [4.78, 5) is 14.5. The summed E-state index contributed by atoms with van der Waals surface area (Å²) in [5.74, 6) is 1.37. The predicted molar refractivity (Wildman–Crippen MR) is 72.0 cm³/mol. The third-order valence-electron chi connectivity index (χ3n) is 3.53. The van der Waals surface area contributed by atoms with E-state index in [9.17, 15) is 4.79 Å². The topological polar surface area (TPSA) is 29.5 Å². The number of carbonyl (C=O) groups is 1. The Balaban J connectivity index is 2.24. The Morgan fingerprint density at radius 3 is 2.89 bits per heavy atom. The van der Waals surface area contributed by atoms with Crippen molar-refractivity contribution in [3.8, 4) is 5.75 Å². The summed E-state index contributed by atoms with van der Waals surface area (Å²) >= 11 is 0. The molecule has 1 heterocycles. The zero-order valence-electron chi connectivity index (χ0n) is 11.4. The van der Waals surface area contributed by atoms with Gasteiger partial charge in [-0.05, 0) is 37.8 Å². The number of aryl methyl sites for hydroxylation is 1. The third kappa shape index (κ3) is 2.66. The summed E-state index contributed by atoms with van der Waals surface area (Å²) in [6.45, 7) is 5.91. The third-order valence-corrected chi connectivity index (χ3v) is 3.53. The number of likely N-dealkylation sites (tertiary alicyclic amines) is 1. The van der Waals surface area contributed by atoms with Crippen molar-refractivity contribution in [3.63, 3.8) is 0 Å². The molecule has 0 bridgehead atoms. The van der Waals surface area contributed by atoms with Gasteiger partial charge >= 0.3 is 0 Å². The van der Waals surface area contributed by atoms with Crippen molar-refractivity contribution in [2.24, 2.45) is 5.92 Å². The molecule has 1 amide bonds. The Kier molecular flexibility index (Phi) is 3.90. The molecule has 0 aromatic heterocycles. The van der Waals surface area contributed by atoms with Gasteiger partial charge in [0.15, 0.2) is 0 Å². The highest BCUT2D eigenvalue weighted by atomic mass is 16.5. The van der Waals surface area contributed by atoms with Crippen LogP contribution < -0.4 is 4.74 Å². The molecule has 1 aromatic rings. The first-order chi connectivity index (χ1) is 8.61. The summed E-state index contributed by atoms with van der Waals surface area (Å²) in [5, 5.41) is 0. The molecule has 0 aliphatic carbocycles. The van der Waals surface area contributed by atoms with Crippen LogP contribution in [0.5, 0.6) is 5.75 Å². The van der Waals surface area contributed by atoms with Crippen molar-refractivity contribution in [2.45, 2.75) is 26.7 Å². The van der Waals surface area contributed by atoms with Gasteiger partial charge < -0.3 is 9.64 Å². The fourth-order valence-corrected chi connectivity index (χ4v) is 2.53. The van der Waals surface area contributed by atoms with E-state index in [1.54, 1.807) is 7.11 Å². The Labute approximate surface area is 109 Å². The molecule has 1 aromatic carbocycles. The minimum Gasteiger partial charge on any atom is -0.496 e. The molecule has 3 heteroatoms. The van der Waals surface area contributed by atoms with E-state index in [0.717, 1.165) is 25.1 Å². The molecule has 1 fully saturated rings. The molecule has 1 aliphatic heterocycles. The van der Waals surface area contributed by atoms with Crippen LogP contribution in [0, 0.1) is 12.8 Å². The molecular formula is C15H21NO2. The van der Waals surface area contributed by atoms with Gasteiger partial charge in [0.25, 0.3) is 5.91 Å². The van der Waals surface area contributed by atoms with E-state index < -0.39 is 0 Å². The minimum atomic E-state index is 0.0992. The molecule has 0 saturated carbocycles. The molecule has 1 atom stereocenters. The first-order valence-corrected chi connectivity index (χ1v) is 6.55. The van der Waals surface area contributed by atoms with Crippen LogP contribution >= 0.6 is 0 Å². The lowest BCUT2D eigenvalue weighted by Crippen LogP contribution is -2.39. The number of nitrogens with zero attached hydrogens (tertiary/aromatic N) is 1. The maximum atomic E-state index is 12.5. The van der Waals surface area contributed by atoms with E-state index in [0.29, 0.717) is 17.2 Å². The van der Waals surface area contributed by atoms with Crippen LogP contribution in [0.25, 0.3) is 0 Å². The lowest BCUT2D eigenvalue weighted by Gasteiger charge is -2.31. The summed E-state index contributed by atoms with van der Waals surface area (Å²) in [7, 11) is 1.61. The molecule has 1 saturated heterocycles. The molecule has 3 nitrogen and oxygen atoms in total. The molecule has 98 valence electrons.